The van der Waals surface area contributed by atoms with Crippen molar-refractivity contribution >= 4 is 11.0 Å². The van der Waals surface area contributed by atoms with E-state index in [0.29, 0.717) is 5.52 Å². The molecule has 2 aromatic rings. The summed E-state index contributed by atoms with van der Waals surface area (Å²) >= 11 is 0. The van der Waals surface area contributed by atoms with Crippen LogP contribution in [-0.4, -0.2) is 22.8 Å². The topological polar surface area (TPSA) is 53.1 Å². The largest absolute Gasteiger partial charge is 0.380 e. The molecule has 1 aromatic carbocycles. The molecule has 0 spiro atoms. The zero-order chi connectivity index (χ0) is 15.8. The van der Waals surface area contributed by atoms with E-state index in [9.17, 15) is 4.39 Å². The highest BCUT2D eigenvalue weighted by molar-refractivity contribution is 5.76. The lowest BCUT2D eigenvalue weighted by Crippen LogP contribution is -2.30. The summed E-state index contributed by atoms with van der Waals surface area (Å²) in [7, 11) is 1.63. The molecule has 2 N–H and O–H groups in total. The Morgan fingerprint density at radius 1 is 1.38 bits per heavy atom. The standard InChI is InChI=1S/C16H24FN3O/c1-10(21-5)14(18)15-19-12-8-11(17)6-7-13(12)20(15)9-16(2,3)4/h6-8,10,14H,9,18H2,1-5H3/t10-,14+/m1/s1. The van der Waals surface area contributed by atoms with Gasteiger partial charge in [-0.05, 0) is 24.5 Å². The molecule has 0 aliphatic heterocycles. The number of ether oxygens (including phenoxy) is 1. The van der Waals surface area contributed by atoms with Gasteiger partial charge in [0.15, 0.2) is 0 Å². The second-order valence-corrected chi connectivity index (χ2v) is 6.72. The van der Waals surface area contributed by atoms with Gasteiger partial charge in [0, 0.05) is 19.7 Å². The molecular weight excluding hydrogens is 269 g/mol. The van der Waals surface area contributed by atoms with E-state index in [1.54, 1.807) is 13.2 Å². The van der Waals surface area contributed by atoms with Crippen molar-refractivity contribution in [1.29, 1.82) is 0 Å². The minimum absolute atomic E-state index is 0.0623. The number of halogens is 1. The first-order chi connectivity index (χ1) is 9.73. The van der Waals surface area contributed by atoms with Gasteiger partial charge in [-0.25, -0.2) is 9.37 Å². The van der Waals surface area contributed by atoms with Crippen LogP contribution in [0, 0.1) is 11.2 Å². The Kier molecular flexibility index (Phi) is 4.35. The van der Waals surface area contributed by atoms with Crippen molar-refractivity contribution in [2.45, 2.75) is 46.4 Å². The molecule has 0 aliphatic carbocycles. The molecule has 0 saturated heterocycles. The second-order valence-electron chi connectivity index (χ2n) is 6.72. The lowest BCUT2D eigenvalue weighted by molar-refractivity contribution is 0.0915. The minimum atomic E-state index is -0.354. The summed E-state index contributed by atoms with van der Waals surface area (Å²) in [6.45, 7) is 9.12. The number of rotatable bonds is 4. The summed E-state index contributed by atoms with van der Waals surface area (Å²) in [5.74, 6) is 0.447. The van der Waals surface area contributed by atoms with Crippen LogP contribution >= 0.6 is 0 Å². The van der Waals surface area contributed by atoms with Gasteiger partial charge in [0.25, 0.3) is 0 Å². The van der Waals surface area contributed by atoms with Crippen LogP contribution in [0.3, 0.4) is 0 Å². The summed E-state index contributed by atoms with van der Waals surface area (Å²) in [5.41, 5.74) is 7.87. The van der Waals surface area contributed by atoms with Gasteiger partial charge >= 0.3 is 0 Å². The molecule has 0 aliphatic rings. The highest BCUT2D eigenvalue weighted by Crippen LogP contribution is 2.27. The lowest BCUT2D eigenvalue weighted by atomic mass is 9.96. The predicted molar refractivity (Wildman–Crippen MR) is 82.5 cm³/mol. The third kappa shape index (κ3) is 3.41. The Morgan fingerprint density at radius 3 is 2.62 bits per heavy atom. The van der Waals surface area contributed by atoms with E-state index in [-0.39, 0.29) is 23.4 Å². The van der Waals surface area contributed by atoms with E-state index >= 15 is 0 Å². The van der Waals surface area contributed by atoms with Crippen molar-refractivity contribution in [1.82, 2.24) is 9.55 Å². The van der Waals surface area contributed by atoms with E-state index in [1.165, 1.54) is 12.1 Å². The highest BCUT2D eigenvalue weighted by Gasteiger charge is 2.24. The van der Waals surface area contributed by atoms with Crippen molar-refractivity contribution in [2.24, 2.45) is 11.1 Å². The summed E-state index contributed by atoms with van der Waals surface area (Å²) in [6.07, 6.45) is -0.162. The van der Waals surface area contributed by atoms with Crippen LogP contribution in [0.2, 0.25) is 0 Å². The number of hydrogen-bond donors (Lipinski definition) is 1. The predicted octanol–water partition coefficient (Wildman–Crippen LogP) is 3.26. The van der Waals surface area contributed by atoms with E-state index in [1.807, 2.05) is 6.92 Å². The number of imidazole rings is 1. The molecule has 21 heavy (non-hydrogen) atoms. The van der Waals surface area contributed by atoms with Gasteiger partial charge in [-0.2, -0.15) is 0 Å². The van der Waals surface area contributed by atoms with Gasteiger partial charge in [-0.3, -0.25) is 0 Å². The first kappa shape index (κ1) is 15.9. The molecule has 1 heterocycles. The zero-order valence-electron chi connectivity index (χ0n) is 13.4. The van der Waals surface area contributed by atoms with Crippen LogP contribution in [-0.2, 0) is 11.3 Å². The number of benzene rings is 1. The van der Waals surface area contributed by atoms with Gasteiger partial charge in [-0.1, -0.05) is 20.8 Å². The molecular formula is C16H24FN3O. The molecule has 0 amide bonds. The van der Waals surface area contributed by atoms with Crippen LogP contribution in [0.4, 0.5) is 4.39 Å². The van der Waals surface area contributed by atoms with Crippen molar-refractivity contribution in [3.63, 3.8) is 0 Å². The van der Waals surface area contributed by atoms with E-state index in [2.05, 4.69) is 30.3 Å². The molecule has 0 unspecified atom stereocenters. The van der Waals surface area contributed by atoms with Gasteiger partial charge in [0.2, 0.25) is 0 Å². The minimum Gasteiger partial charge on any atom is -0.380 e. The van der Waals surface area contributed by atoms with E-state index in [0.717, 1.165) is 17.9 Å². The number of nitrogens with zero attached hydrogens (tertiary/aromatic N) is 2. The van der Waals surface area contributed by atoms with Crippen molar-refractivity contribution < 1.29 is 9.13 Å². The molecule has 0 saturated carbocycles. The molecule has 116 valence electrons. The van der Waals surface area contributed by atoms with Crippen LogP contribution in [0.25, 0.3) is 11.0 Å². The third-order valence-corrected chi connectivity index (χ3v) is 3.55. The van der Waals surface area contributed by atoms with Crippen LogP contribution in [0.15, 0.2) is 18.2 Å². The Bertz CT molecular complexity index is 630. The average Bonchev–Trinajstić information content (AvgIpc) is 2.72. The maximum atomic E-state index is 13.4. The smallest absolute Gasteiger partial charge is 0.129 e. The molecule has 4 nitrogen and oxygen atoms in total. The molecule has 0 fully saturated rings. The average molecular weight is 293 g/mol. The number of nitrogens with two attached hydrogens (primary N) is 1. The number of methoxy groups -OCH3 is 1. The van der Waals surface area contributed by atoms with Crippen LogP contribution in [0.5, 0.6) is 0 Å². The molecule has 2 atom stereocenters. The first-order valence-corrected chi connectivity index (χ1v) is 7.17. The van der Waals surface area contributed by atoms with Crippen molar-refractivity contribution in [2.75, 3.05) is 7.11 Å². The fourth-order valence-corrected chi connectivity index (χ4v) is 2.37. The molecule has 5 heteroatoms. The highest BCUT2D eigenvalue weighted by atomic mass is 19.1. The van der Waals surface area contributed by atoms with E-state index in [4.69, 9.17) is 10.5 Å². The number of fused-ring (bicyclic) bond motifs is 1. The fraction of sp³-hybridized carbons (Fsp3) is 0.562. The van der Waals surface area contributed by atoms with Crippen molar-refractivity contribution in [3.8, 4) is 0 Å². The molecule has 0 radical (unpaired) electrons. The Hall–Kier alpha value is -1.46. The maximum Gasteiger partial charge on any atom is 0.129 e. The summed E-state index contributed by atoms with van der Waals surface area (Å²) in [4.78, 5) is 4.54. The van der Waals surface area contributed by atoms with Gasteiger partial charge in [0.05, 0.1) is 23.2 Å². The summed E-state index contributed by atoms with van der Waals surface area (Å²) in [6, 6.07) is 4.31. The molecule has 1 aromatic heterocycles. The maximum absolute atomic E-state index is 13.4. The fourth-order valence-electron chi connectivity index (χ4n) is 2.37. The summed E-state index contributed by atoms with van der Waals surface area (Å²) in [5, 5.41) is 0. The van der Waals surface area contributed by atoms with Crippen LogP contribution in [0.1, 0.15) is 39.6 Å². The van der Waals surface area contributed by atoms with Crippen LogP contribution < -0.4 is 5.73 Å². The molecule has 2 rings (SSSR count). The van der Waals surface area contributed by atoms with Gasteiger partial charge < -0.3 is 15.0 Å². The Morgan fingerprint density at radius 2 is 2.05 bits per heavy atom. The molecule has 0 bridgehead atoms. The Labute approximate surface area is 125 Å². The SMILES string of the molecule is CO[C@H](C)[C@H](N)c1nc2cc(F)ccc2n1CC(C)(C)C. The summed E-state index contributed by atoms with van der Waals surface area (Å²) < 4.78 is 20.8. The normalized spacial score (nSPS) is 15.4. The number of aromatic nitrogens is 2. The quantitative estimate of drug-likeness (QED) is 0.941. The van der Waals surface area contributed by atoms with E-state index < -0.39 is 0 Å². The monoisotopic (exact) mass is 293 g/mol. The van der Waals surface area contributed by atoms with Gasteiger partial charge in [0.1, 0.15) is 11.6 Å². The number of hydrogen-bond acceptors (Lipinski definition) is 3. The van der Waals surface area contributed by atoms with Crippen molar-refractivity contribution in [3.05, 3.63) is 29.8 Å². The second kappa shape index (κ2) is 5.73. The third-order valence-electron chi connectivity index (χ3n) is 3.55. The Balaban J connectivity index is 2.59. The zero-order valence-corrected chi connectivity index (χ0v) is 13.4. The lowest BCUT2D eigenvalue weighted by Gasteiger charge is -2.24. The first-order valence-electron chi connectivity index (χ1n) is 7.17. The van der Waals surface area contributed by atoms with Gasteiger partial charge in [-0.15, -0.1) is 0 Å².